The van der Waals surface area contributed by atoms with Crippen LogP contribution in [0, 0.1) is 11.3 Å². The number of nitriles is 1. The number of amides is 1. The Morgan fingerprint density at radius 1 is 1.30 bits per heavy atom. The van der Waals surface area contributed by atoms with Crippen LogP contribution < -0.4 is 0 Å². The van der Waals surface area contributed by atoms with Gasteiger partial charge in [-0.3, -0.25) is 9.59 Å². The third-order valence-corrected chi connectivity index (χ3v) is 3.12. The van der Waals surface area contributed by atoms with Crippen LogP contribution in [0.15, 0.2) is 30.3 Å². The van der Waals surface area contributed by atoms with Crippen LogP contribution in [0.1, 0.15) is 17.5 Å². The summed E-state index contributed by atoms with van der Waals surface area (Å²) >= 11 is 0. The molecular formula is C17H20N2O4. The van der Waals surface area contributed by atoms with Gasteiger partial charge in [0.15, 0.2) is 0 Å². The second-order valence-electron chi connectivity index (χ2n) is 4.71. The standard InChI is InChI=1S/C17H20N2O4/c1-22-11-10-19(9-8-17(21)23-2)16(20)7-6-14-4-3-5-15(12-14)13-18/h3-7,12H,8-11H2,1-2H3/b7-6+. The maximum atomic E-state index is 12.2. The predicted octanol–water partition coefficient (Wildman–Crippen LogP) is 1.61. The van der Waals surface area contributed by atoms with Crippen molar-refractivity contribution in [1.82, 2.24) is 4.90 Å². The Hall–Kier alpha value is -2.65. The summed E-state index contributed by atoms with van der Waals surface area (Å²) in [5.74, 6) is -0.598. The Morgan fingerprint density at radius 2 is 2.09 bits per heavy atom. The van der Waals surface area contributed by atoms with Crippen molar-refractivity contribution < 1.29 is 19.1 Å². The summed E-state index contributed by atoms with van der Waals surface area (Å²) < 4.78 is 9.56. The SMILES string of the molecule is COCCN(CCC(=O)OC)C(=O)/C=C/c1cccc(C#N)c1. The van der Waals surface area contributed by atoms with Gasteiger partial charge in [-0.2, -0.15) is 5.26 Å². The molecule has 0 aromatic heterocycles. The van der Waals surface area contributed by atoms with Gasteiger partial charge >= 0.3 is 5.97 Å². The Morgan fingerprint density at radius 3 is 2.74 bits per heavy atom. The van der Waals surface area contributed by atoms with E-state index in [1.807, 2.05) is 6.07 Å². The van der Waals surface area contributed by atoms with Crippen molar-refractivity contribution in [2.75, 3.05) is 33.9 Å². The molecule has 6 nitrogen and oxygen atoms in total. The number of esters is 1. The maximum Gasteiger partial charge on any atom is 0.307 e. The first-order valence-electron chi connectivity index (χ1n) is 7.13. The second kappa shape index (κ2) is 10.1. The molecule has 0 unspecified atom stereocenters. The topological polar surface area (TPSA) is 79.6 Å². The summed E-state index contributed by atoms with van der Waals surface area (Å²) in [4.78, 5) is 25.0. The van der Waals surface area contributed by atoms with E-state index in [1.54, 1.807) is 37.5 Å². The predicted molar refractivity (Wildman–Crippen MR) is 85.3 cm³/mol. The van der Waals surface area contributed by atoms with Crippen LogP contribution >= 0.6 is 0 Å². The Labute approximate surface area is 135 Å². The van der Waals surface area contributed by atoms with E-state index in [1.165, 1.54) is 18.1 Å². The number of carbonyl (C=O) groups excluding carboxylic acids is 2. The zero-order valence-corrected chi connectivity index (χ0v) is 13.3. The van der Waals surface area contributed by atoms with Crippen LogP contribution in [0.3, 0.4) is 0 Å². The van der Waals surface area contributed by atoms with Crippen LogP contribution in [-0.2, 0) is 19.1 Å². The van der Waals surface area contributed by atoms with E-state index in [0.717, 1.165) is 5.56 Å². The summed E-state index contributed by atoms with van der Waals surface area (Å²) in [5, 5.41) is 8.86. The fraction of sp³-hybridized carbons (Fsp3) is 0.353. The van der Waals surface area contributed by atoms with Gasteiger partial charge in [-0.05, 0) is 23.8 Å². The molecule has 0 spiro atoms. The number of benzene rings is 1. The van der Waals surface area contributed by atoms with Gasteiger partial charge in [0, 0.05) is 26.3 Å². The van der Waals surface area contributed by atoms with Crippen molar-refractivity contribution in [1.29, 1.82) is 5.26 Å². The summed E-state index contributed by atoms with van der Waals surface area (Å²) in [6.45, 7) is 1.02. The lowest BCUT2D eigenvalue weighted by molar-refractivity contribution is -0.141. The molecule has 6 heteroatoms. The smallest absolute Gasteiger partial charge is 0.307 e. The molecular weight excluding hydrogens is 296 g/mol. The average Bonchev–Trinajstić information content (AvgIpc) is 2.59. The molecule has 0 saturated carbocycles. The quantitative estimate of drug-likeness (QED) is 0.538. The first kappa shape index (κ1) is 18.4. The monoisotopic (exact) mass is 316 g/mol. The van der Waals surface area contributed by atoms with Crippen LogP contribution in [0.2, 0.25) is 0 Å². The van der Waals surface area contributed by atoms with Gasteiger partial charge in [0.1, 0.15) is 0 Å². The number of carbonyl (C=O) groups is 2. The molecule has 0 aliphatic rings. The van der Waals surface area contributed by atoms with E-state index in [4.69, 9.17) is 10.00 Å². The zero-order valence-electron chi connectivity index (χ0n) is 13.3. The van der Waals surface area contributed by atoms with Crippen LogP contribution in [0.4, 0.5) is 0 Å². The number of hydrogen-bond acceptors (Lipinski definition) is 5. The fourth-order valence-corrected chi connectivity index (χ4v) is 1.85. The Bertz CT molecular complexity index is 605. The minimum Gasteiger partial charge on any atom is -0.469 e. The number of rotatable bonds is 8. The van der Waals surface area contributed by atoms with Gasteiger partial charge in [0.25, 0.3) is 0 Å². The third kappa shape index (κ3) is 6.76. The second-order valence-corrected chi connectivity index (χ2v) is 4.71. The molecule has 0 radical (unpaired) electrons. The van der Waals surface area contributed by atoms with Crippen LogP contribution in [0.25, 0.3) is 6.08 Å². The van der Waals surface area contributed by atoms with Gasteiger partial charge in [-0.1, -0.05) is 12.1 Å². The van der Waals surface area contributed by atoms with Gasteiger partial charge in [-0.15, -0.1) is 0 Å². The lowest BCUT2D eigenvalue weighted by atomic mass is 10.1. The minimum atomic E-state index is -0.370. The summed E-state index contributed by atoms with van der Waals surface area (Å²) in [6, 6.07) is 8.99. The van der Waals surface area contributed by atoms with Crippen molar-refractivity contribution >= 4 is 18.0 Å². The van der Waals surface area contributed by atoms with E-state index in [9.17, 15) is 9.59 Å². The number of methoxy groups -OCH3 is 2. The normalized spacial score (nSPS) is 10.3. The number of nitrogens with zero attached hydrogens (tertiary/aromatic N) is 2. The van der Waals surface area contributed by atoms with Crippen molar-refractivity contribution in [2.45, 2.75) is 6.42 Å². The van der Waals surface area contributed by atoms with Gasteiger partial charge < -0.3 is 14.4 Å². The molecule has 1 aromatic rings. The largest absolute Gasteiger partial charge is 0.469 e. The highest BCUT2D eigenvalue weighted by molar-refractivity contribution is 5.92. The first-order valence-corrected chi connectivity index (χ1v) is 7.13. The van der Waals surface area contributed by atoms with Gasteiger partial charge in [0.05, 0.1) is 31.8 Å². The fourth-order valence-electron chi connectivity index (χ4n) is 1.85. The number of hydrogen-bond donors (Lipinski definition) is 0. The molecule has 0 aliphatic heterocycles. The van der Waals surface area contributed by atoms with Crippen molar-refractivity contribution in [3.8, 4) is 6.07 Å². The zero-order chi connectivity index (χ0) is 17.1. The third-order valence-electron chi connectivity index (χ3n) is 3.12. The molecule has 0 saturated heterocycles. The molecule has 1 amide bonds. The summed E-state index contributed by atoms with van der Waals surface area (Å²) in [6.07, 6.45) is 3.19. The van der Waals surface area contributed by atoms with Crippen molar-refractivity contribution in [3.05, 3.63) is 41.5 Å². The minimum absolute atomic E-state index is 0.129. The van der Waals surface area contributed by atoms with Gasteiger partial charge in [0.2, 0.25) is 5.91 Å². The lowest BCUT2D eigenvalue weighted by Gasteiger charge is -2.20. The summed E-state index contributed by atoms with van der Waals surface area (Å²) in [5.41, 5.74) is 1.29. The molecule has 122 valence electrons. The highest BCUT2D eigenvalue weighted by Crippen LogP contribution is 2.07. The molecule has 23 heavy (non-hydrogen) atoms. The Balaban J connectivity index is 2.72. The van der Waals surface area contributed by atoms with E-state index >= 15 is 0 Å². The first-order chi connectivity index (χ1) is 11.1. The van der Waals surface area contributed by atoms with Crippen LogP contribution in [0.5, 0.6) is 0 Å². The Kier molecular flexibility index (Phi) is 8.11. The molecule has 0 atom stereocenters. The highest BCUT2D eigenvalue weighted by Gasteiger charge is 2.12. The molecule has 0 heterocycles. The molecule has 0 bridgehead atoms. The van der Waals surface area contributed by atoms with Crippen LogP contribution in [-0.4, -0.2) is 50.7 Å². The van der Waals surface area contributed by atoms with E-state index < -0.39 is 0 Å². The van der Waals surface area contributed by atoms with E-state index in [-0.39, 0.29) is 24.8 Å². The lowest BCUT2D eigenvalue weighted by Crippen LogP contribution is -2.34. The van der Waals surface area contributed by atoms with Gasteiger partial charge in [-0.25, -0.2) is 0 Å². The summed E-state index contributed by atoms with van der Waals surface area (Å²) in [7, 11) is 2.86. The number of ether oxygens (including phenoxy) is 2. The van der Waals surface area contributed by atoms with Crippen molar-refractivity contribution in [3.63, 3.8) is 0 Å². The molecule has 0 aliphatic carbocycles. The van der Waals surface area contributed by atoms with E-state index in [2.05, 4.69) is 4.74 Å². The molecule has 0 fully saturated rings. The molecule has 0 N–H and O–H groups in total. The maximum absolute atomic E-state index is 12.2. The van der Waals surface area contributed by atoms with E-state index in [0.29, 0.717) is 18.7 Å². The molecule has 1 rings (SSSR count). The van der Waals surface area contributed by atoms with Crippen molar-refractivity contribution in [2.24, 2.45) is 0 Å². The average molecular weight is 316 g/mol. The molecule has 1 aromatic carbocycles. The highest BCUT2D eigenvalue weighted by atomic mass is 16.5.